The second-order valence-corrected chi connectivity index (χ2v) is 6.20. The van der Waals surface area contributed by atoms with Crippen molar-refractivity contribution in [2.75, 3.05) is 0 Å². The molecular weight excluding hydrogens is 350 g/mol. The lowest BCUT2D eigenvalue weighted by Gasteiger charge is -2.10. The molecule has 1 aromatic heterocycles. The molecule has 0 saturated carbocycles. The fourth-order valence-electron chi connectivity index (χ4n) is 1.06. The smallest absolute Gasteiger partial charge is 0.388 e. The van der Waals surface area contributed by atoms with Gasteiger partial charge in [-0.25, -0.2) is 13.4 Å². The normalized spacial score (nSPS) is 12.6. The molecule has 0 aliphatic carbocycles. The van der Waals surface area contributed by atoms with E-state index >= 15 is 0 Å². The largest absolute Gasteiger partial charge is 0.574 e. The molecule has 96 valence electrons. The first kappa shape index (κ1) is 14.5. The fourth-order valence-corrected chi connectivity index (χ4v) is 3.74. The third kappa shape index (κ3) is 4.00. The molecule has 0 spiro atoms. The van der Waals surface area contributed by atoms with Crippen LogP contribution in [0.3, 0.4) is 0 Å². The number of ether oxygens (including phenoxy) is 1. The quantitative estimate of drug-likeness (QED) is 0.766. The Morgan fingerprint density at radius 1 is 1.47 bits per heavy atom. The third-order valence-electron chi connectivity index (χ3n) is 1.54. The zero-order valence-corrected chi connectivity index (χ0v) is 11.2. The van der Waals surface area contributed by atoms with Crippen molar-refractivity contribution in [3.63, 3.8) is 0 Å². The molecule has 4 nitrogen and oxygen atoms in total. The Kier molecular flexibility index (Phi) is 3.94. The maximum absolute atomic E-state index is 11.9. The Balaban J connectivity index is 3.29. The van der Waals surface area contributed by atoms with Crippen molar-refractivity contribution in [1.29, 1.82) is 0 Å². The summed E-state index contributed by atoms with van der Waals surface area (Å²) in [6.07, 6.45) is -4.90. The van der Waals surface area contributed by atoms with Crippen LogP contribution >= 0.6 is 26.6 Å². The molecule has 0 aliphatic rings. The van der Waals surface area contributed by atoms with Gasteiger partial charge in [0.2, 0.25) is 5.88 Å². The Labute approximate surface area is 107 Å². The van der Waals surface area contributed by atoms with Gasteiger partial charge in [0.15, 0.2) is 0 Å². The van der Waals surface area contributed by atoms with Crippen molar-refractivity contribution >= 4 is 35.7 Å². The van der Waals surface area contributed by atoms with E-state index in [1.54, 1.807) is 0 Å². The molecule has 0 amide bonds. The molecular formula is C7H4BrClF3NO3S. The monoisotopic (exact) mass is 353 g/mol. The van der Waals surface area contributed by atoms with Crippen LogP contribution in [0.25, 0.3) is 0 Å². The zero-order valence-electron chi connectivity index (χ0n) is 8.05. The number of alkyl halides is 3. The Morgan fingerprint density at radius 3 is 2.35 bits per heavy atom. The molecule has 0 aliphatic heterocycles. The van der Waals surface area contributed by atoms with Crippen LogP contribution in [0.4, 0.5) is 13.2 Å². The van der Waals surface area contributed by atoms with Crippen molar-refractivity contribution in [2.24, 2.45) is 0 Å². The summed E-state index contributed by atoms with van der Waals surface area (Å²) in [5, 5.41) is 0. The van der Waals surface area contributed by atoms with Gasteiger partial charge in [-0.2, -0.15) is 0 Å². The van der Waals surface area contributed by atoms with E-state index in [-0.39, 0.29) is 10.2 Å². The summed E-state index contributed by atoms with van der Waals surface area (Å²) in [7, 11) is 0.995. The Bertz CT molecular complexity index is 523. The van der Waals surface area contributed by atoms with E-state index in [1.165, 1.54) is 6.92 Å². The minimum absolute atomic E-state index is 0.153. The Hall–Kier alpha value is -0.540. The maximum atomic E-state index is 11.9. The summed E-state index contributed by atoms with van der Waals surface area (Å²) in [6, 6.07) is 0.774. The van der Waals surface area contributed by atoms with Gasteiger partial charge in [0.05, 0.1) is 5.69 Å². The SMILES string of the molecule is Cc1nc(OC(F)(F)F)cc(Br)c1S(=O)(=O)Cl. The number of aromatic nitrogens is 1. The highest BCUT2D eigenvalue weighted by Gasteiger charge is 2.32. The van der Waals surface area contributed by atoms with E-state index in [4.69, 9.17) is 10.7 Å². The summed E-state index contributed by atoms with van der Waals surface area (Å²) >= 11 is 2.79. The summed E-state index contributed by atoms with van der Waals surface area (Å²) in [4.78, 5) is 2.96. The summed E-state index contributed by atoms with van der Waals surface area (Å²) < 4.78 is 61.4. The molecule has 0 aromatic carbocycles. The molecule has 1 rings (SSSR count). The first-order chi connectivity index (χ1) is 7.50. The molecule has 0 radical (unpaired) electrons. The van der Waals surface area contributed by atoms with Gasteiger partial charge in [0, 0.05) is 21.2 Å². The lowest BCUT2D eigenvalue weighted by atomic mass is 10.4. The van der Waals surface area contributed by atoms with Crippen LogP contribution in [0, 0.1) is 6.92 Å². The minimum atomic E-state index is -4.90. The van der Waals surface area contributed by atoms with Crippen molar-refractivity contribution in [1.82, 2.24) is 4.98 Å². The highest BCUT2D eigenvalue weighted by molar-refractivity contribution is 9.10. The van der Waals surface area contributed by atoms with Gasteiger partial charge in [-0.15, -0.1) is 13.2 Å². The van der Waals surface area contributed by atoms with Crippen molar-refractivity contribution in [2.45, 2.75) is 18.2 Å². The van der Waals surface area contributed by atoms with Gasteiger partial charge >= 0.3 is 6.36 Å². The molecule has 0 fully saturated rings. The van der Waals surface area contributed by atoms with Gasteiger partial charge in [-0.05, 0) is 22.9 Å². The van der Waals surface area contributed by atoms with E-state index < -0.39 is 26.2 Å². The molecule has 1 heterocycles. The average Bonchev–Trinajstić information content (AvgIpc) is 1.94. The summed E-state index contributed by atoms with van der Waals surface area (Å²) in [5.74, 6) is -0.772. The number of nitrogens with zero attached hydrogens (tertiary/aromatic N) is 1. The predicted octanol–water partition coefficient (Wildman–Crippen LogP) is 2.98. The molecule has 0 atom stereocenters. The van der Waals surface area contributed by atoms with E-state index in [9.17, 15) is 21.6 Å². The Morgan fingerprint density at radius 2 is 2.00 bits per heavy atom. The molecule has 0 bridgehead atoms. The van der Waals surface area contributed by atoms with Gasteiger partial charge < -0.3 is 4.74 Å². The van der Waals surface area contributed by atoms with Crippen molar-refractivity contribution in [3.8, 4) is 5.88 Å². The molecule has 0 saturated heterocycles. The number of rotatable bonds is 2. The predicted molar refractivity (Wildman–Crippen MR) is 56.4 cm³/mol. The van der Waals surface area contributed by atoms with E-state index in [0.717, 1.165) is 6.07 Å². The lowest BCUT2D eigenvalue weighted by molar-refractivity contribution is -0.276. The first-order valence-electron chi connectivity index (χ1n) is 3.88. The first-order valence-corrected chi connectivity index (χ1v) is 6.98. The second-order valence-electron chi connectivity index (χ2n) is 2.84. The average molecular weight is 355 g/mol. The molecule has 0 unspecified atom stereocenters. The van der Waals surface area contributed by atoms with E-state index in [2.05, 4.69) is 25.7 Å². The van der Waals surface area contributed by atoms with Crippen LogP contribution in [0.15, 0.2) is 15.4 Å². The lowest BCUT2D eigenvalue weighted by Crippen LogP contribution is -2.18. The van der Waals surface area contributed by atoms with Gasteiger partial charge in [0.25, 0.3) is 9.05 Å². The van der Waals surface area contributed by atoms with Gasteiger partial charge in [-0.3, -0.25) is 0 Å². The van der Waals surface area contributed by atoms with Crippen LogP contribution in [-0.4, -0.2) is 19.8 Å². The van der Waals surface area contributed by atoms with Gasteiger partial charge in [0.1, 0.15) is 4.90 Å². The molecule has 10 heteroatoms. The number of hydrogen-bond acceptors (Lipinski definition) is 4. The summed E-state index contributed by atoms with van der Waals surface area (Å²) in [6.45, 7) is 1.20. The fraction of sp³-hybridized carbons (Fsp3) is 0.286. The maximum Gasteiger partial charge on any atom is 0.574 e. The topological polar surface area (TPSA) is 56.3 Å². The molecule has 0 N–H and O–H groups in total. The van der Waals surface area contributed by atoms with Crippen LogP contribution in [0.2, 0.25) is 0 Å². The van der Waals surface area contributed by atoms with Crippen LogP contribution in [-0.2, 0) is 9.05 Å². The number of halogens is 5. The van der Waals surface area contributed by atoms with E-state index in [1.807, 2.05) is 0 Å². The number of hydrogen-bond donors (Lipinski definition) is 0. The third-order valence-corrected chi connectivity index (χ3v) is 3.89. The van der Waals surface area contributed by atoms with Crippen LogP contribution in [0.5, 0.6) is 5.88 Å². The zero-order chi connectivity index (χ0) is 13.4. The number of aryl methyl sites for hydroxylation is 1. The standard InChI is InChI=1S/C7H4BrClF3NO3S/c1-3-6(17(9,14)15)4(8)2-5(13-3)16-7(10,11)12/h2H,1H3. The second kappa shape index (κ2) is 4.62. The molecule has 17 heavy (non-hydrogen) atoms. The molecule has 1 aromatic rings. The number of pyridine rings is 1. The minimum Gasteiger partial charge on any atom is -0.388 e. The summed E-state index contributed by atoms with van der Waals surface area (Å²) in [5.41, 5.74) is -0.200. The van der Waals surface area contributed by atoms with E-state index in [0.29, 0.717) is 0 Å². The highest BCUT2D eigenvalue weighted by atomic mass is 79.9. The van der Waals surface area contributed by atoms with Crippen molar-refractivity contribution < 1.29 is 26.3 Å². The van der Waals surface area contributed by atoms with Gasteiger partial charge in [-0.1, -0.05) is 0 Å². The highest BCUT2D eigenvalue weighted by Crippen LogP contribution is 2.32. The van der Waals surface area contributed by atoms with Crippen molar-refractivity contribution in [3.05, 3.63) is 16.2 Å². The van der Waals surface area contributed by atoms with Crippen LogP contribution < -0.4 is 4.74 Å². The van der Waals surface area contributed by atoms with Crippen LogP contribution in [0.1, 0.15) is 5.69 Å².